The molecule has 0 aliphatic rings. The van der Waals surface area contributed by atoms with Crippen LogP contribution in [-0.2, 0) is 6.42 Å². The number of hydrogen-bond acceptors (Lipinski definition) is 4. The summed E-state index contributed by atoms with van der Waals surface area (Å²) in [5.74, 6) is -1.55. The number of primary amides is 1. The predicted octanol–water partition coefficient (Wildman–Crippen LogP) is 1.85. The number of nitriles is 1. The van der Waals surface area contributed by atoms with Gasteiger partial charge < -0.3 is 5.73 Å². The highest BCUT2D eigenvalue weighted by molar-refractivity contribution is 6.31. The summed E-state index contributed by atoms with van der Waals surface area (Å²) in [6.07, 6.45) is 3.77. The lowest BCUT2D eigenvalue weighted by Gasteiger charge is -2.29. The van der Waals surface area contributed by atoms with Gasteiger partial charge in [0.15, 0.2) is 11.9 Å². The van der Waals surface area contributed by atoms with Crippen LogP contribution in [0.1, 0.15) is 26.4 Å². The Morgan fingerprint density at radius 3 is 2.65 bits per heavy atom. The molecule has 26 heavy (non-hydrogen) atoms. The number of hydrogen-bond donors (Lipinski definition) is 2. The topological polar surface area (TPSA) is 109 Å². The number of aromatic nitrogens is 1. The zero-order chi connectivity index (χ0) is 19.3. The maximum absolute atomic E-state index is 12.1. The molecule has 2 rings (SSSR count). The Hall–Kier alpha value is -2.95. The van der Waals surface area contributed by atoms with Crippen molar-refractivity contribution < 1.29 is 9.59 Å². The fourth-order valence-electron chi connectivity index (χ4n) is 2.50. The van der Waals surface area contributed by atoms with E-state index >= 15 is 0 Å². The Morgan fingerprint density at radius 1 is 1.35 bits per heavy atom. The van der Waals surface area contributed by atoms with Crippen molar-refractivity contribution in [2.75, 3.05) is 20.6 Å². The molecule has 134 valence electrons. The summed E-state index contributed by atoms with van der Waals surface area (Å²) in [6, 6.07) is 9.13. The van der Waals surface area contributed by atoms with E-state index in [1.165, 1.54) is 12.3 Å². The van der Waals surface area contributed by atoms with E-state index in [1.54, 1.807) is 6.19 Å². The van der Waals surface area contributed by atoms with Gasteiger partial charge in [-0.05, 0) is 11.6 Å². The Morgan fingerprint density at radius 2 is 2.04 bits per heavy atom. The van der Waals surface area contributed by atoms with E-state index in [0.29, 0.717) is 28.2 Å². The lowest BCUT2D eigenvalue weighted by Crippen LogP contribution is -2.42. The van der Waals surface area contributed by atoms with E-state index in [0.717, 1.165) is 5.56 Å². The van der Waals surface area contributed by atoms with Crippen LogP contribution in [0.2, 0.25) is 5.02 Å². The van der Waals surface area contributed by atoms with E-state index in [9.17, 15) is 9.59 Å². The molecule has 0 radical (unpaired) electrons. The first-order chi connectivity index (χ1) is 12.3. The fraction of sp³-hybridized carbons (Fsp3) is 0.222. The molecule has 0 saturated carbocycles. The van der Waals surface area contributed by atoms with Gasteiger partial charge in [0.2, 0.25) is 0 Å². The van der Waals surface area contributed by atoms with Crippen molar-refractivity contribution in [1.82, 2.24) is 14.8 Å². The number of carbonyl (C=O) groups is 2. The SMILES string of the molecule is C[N+](C)(CCc1ccccc1Cl)c1cnc(C(N)=O)c(C(=O)NC#N)c1. The van der Waals surface area contributed by atoms with Crippen molar-refractivity contribution in [3.05, 3.63) is 58.4 Å². The Labute approximate surface area is 156 Å². The van der Waals surface area contributed by atoms with Crippen molar-refractivity contribution in [3.63, 3.8) is 0 Å². The quantitative estimate of drug-likeness (QED) is 0.458. The molecule has 0 atom stereocenters. The molecule has 0 aliphatic heterocycles. The number of likely N-dealkylation sites (N-methyl/N-ethyl adjacent to an activating group) is 1. The van der Waals surface area contributed by atoms with Gasteiger partial charge in [0.1, 0.15) is 5.69 Å². The molecule has 0 fully saturated rings. The van der Waals surface area contributed by atoms with Gasteiger partial charge >= 0.3 is 0 Å². The monoisotopic (exact) mass is 372 g/mol. The number of nitrogens with zero attached hydrogens (tertiary/aromatic N) is 3. The molecule has 0 unspecified atom stereocenters. The minimum absolute atomic E-state index is 0.0273. The maximum Gasteiger partial charge on any atom is 0.268 e. The minimum atomic E-state index is -0.832. The van der Waals surface area contributed by atoms with E-state index in [-0.39, 0.29) is 11.3 Å². The number of pyridine rings is 1. The normalized spacial score (nSPS) is 10.8. The molecule has 0 spiro atoms. The Balaban J connectivity index is 2.32. The van der Waals surface area contributed by atoms with Gasteiger partial charge in [-0.1, -0.05) is 29.8 Å². The highest BCUT2D eigenvalue weighted by Crippen LogP contribution is 2.23. The van der Waals surface area contributed by atoms with Crippen LogP contribution in [0.4, 0.5) is 5.69 Å². The highest BCUT2D eigenvalue weighted by Gasteiger charge is 2.25. The van der Waals surface area contributed by atoms with E-state index < -0.39 is 11.8 Å². The average Bonchev–Trinajstić information content (AvgIpc) is 2.60. The van der Waals surface area contributed by atoms with Gasteiger partial charge in [-0.3, -0.25) is 19.4 Å². The van der Waals surface area contributed by atoms with Gasteiger partial charge in [-0.15, -0.1) is 0 Å². The molecule has 0 aliphatic carbocycles. The van der Waals surface area contributed by atoms with Crippen molar-refractivity contribution in [2.45, 2.75) is 6.42 Å². The van der Waals surface area contributed by atoms with Gasteiger partial charge in [-0.2, -0.15) is 5.26 Å². The molecule has 0 saturated heterocycles. The molecule has 2 aromatic rings. The predicted molar refractivity (Wildman–Crippen MR) is 99.5 cm³/mol. The summed E-state index contributed by atoms with van der Waals surface area (Å²) in [5.41, 5.74) is 6.79. The second-order valence-corrected chi connectivity index (χ2v) is 6.68. The number of carbonyl (C=O) groups excluding carboxylic acids is 2. The minimum Gasteiger partial charge on any atom is -0.364 e. The van der Waals surface area contributed by atoms with Gasteiger partial charge in [0.25, 0.3) is 11.8 Å². The molecule has 1 aromatic heterocycles. The Bertz CT molecular complexity index is 889. The van der Waals surface area contributed by atoms with Crippen LogP contribution in [0.15, 0.2) is 36.5 Å². The summed E-state index contributed by atoms with van der Waals surface area (Å²) in [6.45, 7) is 0.681. The van der Waals surface area contributed by atoms with Crippen LogP contribution < -0.4 is 15.5 Å². The second-order valence-electron chi connectivity index (χ2n) is 6.27. The van der Waals surface area contributed by atoms with Crippen molar-refractivity contribution in [3.8, 4) is 6.19 Å². The fourth-order valence-corrected chi connectivity index (χ4v) is 2.73. The number of quaternary nitrogens is 1. The smallest absolute Gasteiger partial charge is 0.268 e. The largest absolute Gasteiger partial charge is 0.364 e. The van der Waals surface area contributed by atoms with E-state index in [4.69, 9.17) is 22.6 Å². The van der Waals surface area contributed by atoms with E-state index in [1.807, 2.05) is 43.7 Å². The number of benzene rings is 1. The number of halogens is 1. The summed E-state index contributed by atoms with van der Waals surface area (Å²) in [7, 11) is 3.90. The lowest BCUT2D eigenvalue weighted by molar-refractivity contribution is 0.0947. The molecule has 8 heteroatoms. The Kier molecular flexibility index (Phi) is 5.93. The third-order valence-corrected chi connectivity index (χ3v) is 4.49. The molecule has 2 amide bonds. The van der Waals surface area contributed by atoms with Crippen LogP contribution in [0, 0.1) is 11.5 Å². The van der Waals surface area contributed by atoms with Gasteiger partial charge in [0, 0.05) is 17.5 Å². The highest BCUT2D eigenvalue weighted by atomic mass is 35.5. The van der Waals surface area contributed by atoms with Gasteiger partial charge in [0.05, 0.1) is 32.4 Å². The lowest BCUT2D eigenvalue weighted by atomic mass is 10.1. The standard InChI is InChI=1S/C18H18ClN5O2/c1-24(2,8-7-12-5-3-4-6-15(12)19)13-9-14(18(26)23-11-20)16(17(21)25)22-10-13/h3-6,9-10H,7-8H2,1-2H3,(H2-,21,23,25,26)/p+1. The number of nitrogens with two attached hydrogens (primary N) is 1. The average molecular weight is 373 g/mol. The molecular weight excluding hydrogens is 354 g/mol. The molecular formula is C18H19ClN5O2+. The van der Waals surface area contributed by atoms with Gasteiger partial charge in [-0.25, -0.2) is 4.98 Å². The summed E-state index contributed by atoms with van der Waals surface area (Å²) in [5, 5.41) is 11.4. The molecule has 1 heterocycles. The first-order valence-electron chi connectivity index (χ1n) is 7.82. The third-order valence-electron chi connectivity index (χ3n) is 4.12. The zero-order valence-electron chi connectivity index (χ0n) is 14.5. The summed E-state index contributed by atoms with van der Waals surface area (Å²) in [4.78, 5) is 27.6. The molecule has 1 aromatic carbocycles. The molecule has 0 bridgehead atoms. The van der Waals surface area contributed by atoms with Crippen molar-refractivity contribution in [1.29, 1.82) is 5.26 Å². The molecule has 7 nitrogen and oxygen atoms in total. The van der Waals surface area contributed by atoms with Crippen LogP contribution in [0.25, 0.3) is 0 Å². The first kappa shape index (κ1) is 19.4. The van der Waals surface area contributed by atoms with Crippen molar-refractivity contribution >= 4 is 29.1 Å². The number of amides is 2. The molecule has 3 N–H and O–H groups in total. The summed E-state index contributed by atoms with van der Waals surface area (Å²) >= 11 is 6.20. The maximum atomic E-state index is 12.1. The third kappa shape index (κ3) is 4.36. The second kappa shape index (κ2) is 7.95. The number of nitrogens with one attached hydrogen (secondary N) is 1. The van der Waals surface area contributed by atoms with Crippen LogP contribution in [0.3, 0.4) is 0 Å². The van der Waals surface area contributed by atoms with Crippen LogP contribution in [-0.4, -0.2) is 37.4 Å². The van der Waals surface area contributed by atoms with E-state index in [2.05, 4.69) is 4.98 Å². The van der Waals surface area contributed by atoms with Crippen LogP contribution >= 0.6 is 11.6 Å². The van der Waals surface area contributed by atoms with Crippen molar-refractivity contribution in [2.24, 2.45) is 5.73 Å². The number of rotatable bonds is 6. The summed E-state index contributed by atoms with van der Waals surface area (Å²) < 4.78 is 0.393. The zero-order valence-corrected chi connectivity index (χ0v) is 15.2. The first-order valence-corrected chi connectivity index (χ1v) is 8.20. The van der Waals surface area contributed by atoms with Crippen LogP contribution in [0.5, 0.6) is 0 Å².